The molecular formula is C23H24. The fourth-order valence-electron chi connectivity index (χ4n) is 3.64. The highest BCUT2D eigenvalue weighted by atomic mass is 14.4. The first-order valence-electron chi connectivity index (χ1n) is 8.25. The maximum Gasteiger partial charge on any atom is 0.0158 e. The van der Waals surface area contributed by atoms with Gasteiger partial charge in [0.1, 0.15) is 0 Å². The van der Waals surface area contributed by atoms with E-state index in [1.165, 1.54) is 33.4 Å². The number of hydrogen-bond acceptors (Lipinski definition) is 0. The molecule has 0 saturated heterocycles. The van der Waals surface area contributed by atoms with Gasteiger partial charge in [-0.25, -0.2) is 0 Å². The fourth-order valence-corrected chi connectivity index (χ4v) is 3.64. The van der Waals surface area contributed by atoms with Crippen LogP contribution >= 0.6 is 0 Å². The van der Waals surface area contributed by atoms with Crippen LogP contribution in [0.1, 0.15) is 37.5 Å². The van der Waals surface area contributed by atoms with Crippen LogP contribution in [-0.2, 0) is 11.8 Å². The minimum Gasteiger partial charge on any atom is -0.0991 e. The van der Waals surface area contributed by atoms with Crippen LogP contribution in [0.4, 0.5) is 0 Å². The van der Waals surface area contributed by atoms with Crippen LogP contribution in [0.2, 0.25) is 0 Å². The molecule has 3 rings (SSSR count). The first-order valence-corrected chi connectivity index (χ1v) is 8.25. The molecule has 0 heteroatoms. The molecule has 0 N–H and O–H groups in total. The second-order valence-corrected chi connectivity index (χ2v) is 6.70. The van der Waals surface area contributed by atoms with Crippen molar-refractivity contribution in [3.05, 3.63) is 95.6 Å². The van der Waals surface area contributed by atoms with Crippen molar-refractivity contribution in [2.75, 3.05) is 0 Å². The molecule has 0 saturated carbocycles. The number of fused-ring (bicyclic) bond motifs is 3. The molecule has 0 atom stereocenters. The van der Waals surface area contributed by atoms with Gasteiger partial charge in [-0.05, 0) is 46.7 Å². The molecule has 0 heterocycles. The molecule has 0 amide bonds. The number of allylic oxidation sites excluding steroid dienone is 5. The van der Waals surface area contributed by atoms with Gasteiger partial charge in [0.25, 0.3) is 0 Å². The van der Waals surface area contributed by atoms with E-state index >= 15 is 0 Å². The summed E-state index contributed by atoms with van der Waals surface area (Å²) in [5.74, 6) is 0. The third-order valence-corrected chi connectivity index (χ3v) is 4.77. The molecule has 0 fully saturated rings. The van der Waals surface area contributed by atoms with Crippen LogP contribution in [0.25, 0.3) is 11.1 Å². The number of rotatable bonds is 4. The molecule has 2 aromatic rings. The maximum atomic E-state index is 3.82. The van der Waals surface area contributed by atoms with E-state index in [9.17, 15) is 0 Å². The van der Waals surface area contributed by atoms with Crippen molar-refractivity contribution in [3.63, 3.8) is 0 Å². The van der Waals surface area contributed by atoms with Gasteiger partial charge in [0.15, 0.2) is 0 Å². The van der Waals surface area contributed by atoms with Gasteiger partial charge in [-0.3, -0.25) is 0 Å². The van der Waals surface area contributed by atoms with Crippen molar-refractivity contribution in [3.8, 4) is 11.1 Å². The summed E-state index contributed by atoms with van der Waals surface area (Å²) in [7, 11) is 0. The predicted octanol–water partition coefficient (Wildman–Crippen LogP) is 6.22. The Morgan fingerprint density at radius 3 is 2.52 bits per heavy atom. The number of hydrogen-bond donors (Lipinski definition) is 0. The third kappa shape index (κ3) is 2.70. The Bertz CT molecular complexity index is 801. The van der Waals surface area contributed by atoms with Gasteiger partial charge in [-0.2, -0.15) is 0 Å². The summed E-state index contributed by atoms with van der Waals surface area (Å²) in [4.78, 5) is 0. The average molecular weight is 300 g/mol. The standard InChI is InChI=1S/C23H24/c1-5-9-17(10-6-2)15-18-13-14-20-19-11-7-8-12-21(19)23(3,4)22(20)16-18/h5-14,16H,1,15H2,2-4H3/b10-6?,17-9+. The predicted molar refractivity (Wildman–Crippen MR) is 101 cm³/mol. The molecular weight excluding hydrogens is 276 g/mol. The van der Waals surface area contributed by atoms with Gasteiger partial charge in [-0.1, -0.05) is 87.2 Å². The van der Waals surface area contributed by atoms with Crippen molar-refractivity contribution >= 4 is 0 Å². The van der Waals surface area contributed by atoms with Gasteiger partial charge in [0, 0.05) is 5.41 Å². The van der Waals surface area contributed by atoms with Gasteiger partial charge in [0.05, 0.1) is 0 Å². The van der Waals surface area contributed by atoms with Crippen molar-refractivity contribution in [1.29, 1.82) is 0 Å². The zero-order chi connectivity index (χ0) is 16.4. The molecule has 0 radical (unpaired) electrons. The topological polar surface area (TPSA) is 0 Å². The Hall–Kier alpha value is -2.34. The van der Waals surface area contributed by atoms with Crippen LogP contribution in [0.3, 0.4) is 0 Å². The zero-order valence-electron chi connectivity index (χ0n) is 14.3. The van der Waals surface area contributed by atoms with Gasteiger partial charge >= 0.3 is 0 Å². The quantitative estimate of drug-likeness (QED) is 0.588. The van der Waals surface area contributed by atoms with E-state index in [-0.39, 0.29) is 5.41 Å². The van der Waals surface area contributed by atoms with Crippen molar-refractivity contribution < 1.29 is 0 Å². The molecule has 23 heavy (non-hydrogen) atoms. The summed E-state index contributed by atoms with van der Waals surface area (Å²) in [5.41, 5.74) is 8.36. The summed E-state index contributed by atoms with van der Waals surface area (Å²) in [5, 5.41) is 0. The van der Waals surface area contributed by atoms with E-state index in [4.69, 9.17) is 0 Å². The summed E-state index contributed by atoms with van der Waals surface area (Å²) in [6.45, 7) is 10.5. The molecule has 0 aliphatic heterocycles. The van der Waals surface area contributed by atoms with E-state index in [0.29, 0.717) is 0 Å². The molecule has 2 aromatic carbocycles. The van der Waals surface area contributed by atoms with Gasteiger partial charge < -0.3 is 0 Å². The highest BCUT2D eigenvalue weighted by Crippen LogP contribution is 2.48. The minimum atomic E-state index is 0.0743. The largest absolute Gasteiger partial charge is 0.0991 e. The summed E-state index contributed by atoms with van der Waals surface area (Å²) in [6.07, 6.45) is 9.14. The summed E-state index contributed by atoms with van der Waals surface area (Å²) < 4.78 is 0. The summed E-state index contributed by atoms with van der Waals surface area (Å²) in [6, 6.07) is 15.7. The molecule has 0 spiro atoms. The maximum absolute atomic E-state index is 3.82. The highest BCUT2D eigenvalue weighted by Gasteiger charge is 2.34. The van der Waals surface area contributed by atoms with E-state index in [1.807, 2.05) is 6.08 Å². The van der Waals surface area contributed by atoms with Crippen molar-refractivity contribution in [1.82, 2.24) is 0 Å². The van der Waals surface area contributed by atoms with E-state index in [2.05, 4.69) is 88.0 Å². The smallest absolute Gasteiger partial charge is 0.0158 e. The SMILES string of the molecule is C=C/C=C(\C=CC)Cc1ccc2c(c1)C(C)(C)c1ccccc1-2. The van der Waals surface area contributed by atoms with E-state index in [0.717, 1.165) is 6.42 Å². The Morgan fingerprint density at radius 2 is 1.78 bits per heavy atom. The average Bonchev–Trinajstić information content (AvgIpc) is 2.77. The molecule has 1 aliphatic rings. The normalized spacial score (nSPS) is 15.5. The Balaban J connectivity index is 2.03. The van der Waals surface area contributed by atoms with Crippen LogP contribution < -0.4 is 0 Å². The Labute approximate surface area is 139 Å². The van der Waals surface area contributed by atoms with Crippen LogP contribution in [0, 0.1) is 0 Å². The van der Waals surface area contributed by atoms with Crippen LogP contribution in [0.15, 0.2) is 78.9 Å². The third-order valence-electron chi connectivity index (χ3n) is 4.77. The first-order chi connectivity index (χ1) is 11.1. The second kappa shape index (κ2) is 6.04. The van der Waals surface area contributed by atoms with Crippen molar-refractivity contribution in [2.24, 2.45) is 0 Å². The molecule has 1 aliphatic carbocycles. The highest BCUT2D eigenvalue weighted by molar-refractivity contribution is 5.80. The summed E-state index contributed by atoms with van der Waals surface area (Å²) >= 11 is 0. The molecule has 0 bridgehead atoms. The van der Waals surface area contributed by atoms with Gasteiger partial charge in [0.2, 0.25) is 0 Å². The zero-order valence-corrected chi connectivity index (χ0v) is 14.3. The second-order valence-electron chi connectivity index (χ2n) is 6.70. The lowest BCUT2D eigenvalue weighted by Gasteiger charge is -2.22. The van der Waals surface area contributed by atoms with E-state index < -0.39 is 0 Å². The van der Waals surface area contributed by atoms with E-state index in [1.54, 1.807) is 0 Å². The first kappa shape index (κ1) is 15.6. The molecule has 0 aromatic heterocycles. The monoisotopic (exact) mass is 300 g/mol. The van der Waals surface area contributed by atoms with Gasteiger partial charge in [-0.15, -0.1) is 0 Å². The lowest BCUT2D eigenvalue weighted by molar-refractivity contribution is 0.659. The molecule has 116 valence electrons. The molecule has 0 nitrogen and oxygen atoms in total. The Kier molecular flexibility index (Phi) is 4.09. The van der Waals surface area contributed by atoms with Crippen LogP contribution in [-0.4, -0.2) is 0 Å². The van der Waals surface area contributed by atoms with Crippen molar-refractivity contribution in [2.45, 2.75) is 32.6 Å². The number of benzene rings is 2. The van der Waals surface area contributed by atoms with Crippen LogP contribution in [0.5, 0.6) is 0 Å². The Morgan fingerprint density at radius 1 is 1.04 bits per heavy atom. The lowest BCUT2D eigenvalue weighted by Crippen LogP contribution is -2.15. The minimum absolute atomic E-state index is 0.0743. The lowest BCUT2D eigenvalue weighted by atomic mass is 9.81. The fraction of sp³-hybridized carbons (Fsp3) is 0.217. The molecule has 0 unspecified atom stereocenters.